The van der Waals surface area contributed by atoms with E-state index in [1.165, 1.54) is 0 Å². The molecule has 2 rings (SSSR count). The maximum absolute atomic E-state index is 11.4. The van der Waals surface area contributed by atoms with Gasteiger partial charge in [0.05, 0.1) is 12.5 Å². The summed E-state index contributed by atoms with van der Waals surface area (Å²) < 4.78 is 0. The lowest BCUT2D eigenvalue weighted by molar-refractivity contribution is -0.119. The molecule has 4 N–H and O–H groups in total. The van der Waals surface area contributed by atoms with Crippen molar-refractivity contribution in [1.29, 1.82) is 5.26 Å². The van der Waals surface area contributed by atoms with Gasteiger partial charge >= 0.3 is 0 Å². The Balaban J connectivity index is 2.31. The van der Waals surface area contributed by atoms with E-state index in [2.05, 4.69) is 6.07 Å². The van der Waals surface area contributed by atoms with E-state index < -0.39 is 0 Å². The summed E-state index contributed by atoms with van der Waals surface area (Å²) in [5.41, 5.74) is 13.5. The molecule has 0 saturated carbocycles. The van der Waals surface area contributed by atoms with Gasteiger partial charge in [-0.15, -0.1) is 0 Å². The Morgan fingerprint density at radius 1 is 1.56 bits per heavy atom. The van der Waals surface area contributed by atoms with Gasteiger partial charge in [-0.3, -0.25) is 4.79 Å². The molecule has 1 aliphatic heterocycles. The molecule has 94 valence electrons. The average molecular weight is 244 g/mol. The fourth-order valence-corrected chi connectivity index (χ4v) is 2.38. The molecule has 1 amide bonds. The molecule has 1 aromatic rings. The molecule has 1 atom stereocenters. The van der Waals surface area contributed by atoms with Gasteiger partial charge in [-0.2, -0.15) is 5.26 Å². The summed E-state index contributed by atoms with van der Waals surface area (Å²) in [7, 11) is 0. The lowest BCUT2D eigenvalue weighted by Gasteiger charge is -2.25. The maximum atomic E-state index is 11.4. The molecule has 5 heteroatoms. The van der Waals surface area contributed by atoms with Crippen molar-refractivity contribution in [3.8, 4) is 6.07 Å². The Kier molecular flexibility index (Phi) is 3.38. The summed E-state index contributed by atoms with van der Waals surface area (Å²) in [6.45, 7) is 0.809. The van der Waals surface area contributed by atoms with E-state index in [-0.39, 0.29) is 18.4 Å². The fraction of sp³-hybridized carbons (Fsp3) is 0.385. The summed E-state index contributed by atoms with van der Waals surface area (Å²) in [5, 5.41) is 8.75. The van der Waals surface area contributed by atoms with Crippen LogP contribution >= 0.6 is 0 Å². The lowest BCUT2D eigenvalue weighted by atomic mass is 10.1. The largest absolute Gasteiger partial charge is 0.398 e. The van der Waals surface area contributed by atoms with Gasteiger partial charge in [0, 0.05) is 17.9 Å². The summed E-state index contributed by atoms with van der Waals surface area (Å²) >= 11 is 0. The number of nitriles is 1. The molecule has 0 spiro atoms. The molecule has 1 saturated heterocycles. The molecule has 18 heavy (non-hydrogen) atoms. The molecule has 0 aromatic heterocycles. The number of nitrogens with zero attached hydrogens (tertiary/aromatic N) is 2. The Bertz CT molecular complexity index is 506. The predicted octanol–water partition coefficient (Wildman–Crippen LogP) is 0.789. The first-order valence-corrected chi connectivity index (χ1v) is 5.95. The van der Waals surface area contributed by atoms with Gasteiger partial charge in [-0.1, -0.05) is 0 Å². The minimum atomic E-state index is -0.300. The first kappa shape index (κ1) is 12.2. The van der Waals surface area contributed by atoms with Crippen LogP contribution in [0.2, 0.25) is 0 Å². The van der Waals surface area contributed by atoms with Gasteiger partial charge in [0.15, 0.2) is 0 Å². The summed E-state index contributed by atoms with van der Waals surface area (Å²) in [5.74, 6) is -0.300. The number of amides is 1. The van der Waals surface area contributed by atoms with Gasteiger partial charge < -0.3 is 16.4 Å². The van der Waals surface area contributed by atoms with Crippen molar-refractivity contribution in [3.63, 3.8) is 0 Å². The van der Waals surface area contributed by atoms with Crippen LogP contribution in [-0.4, -0.2) is 18.5 Å². The first-order valence-electron chi connectivity index (χ1n) is 5.95. The number of rotatable bonds is 3. The fourth-order valence-electron chi connectivity index (χ4n) is 2.38. The van der Waals surface area contributed by atoms with Crippen molar-refractivity contribution in [1.82, 2.24) is 0 Å². The molecule has 0 bridgehead atoms. The number of anilines is 2. The van der Waals surface area contributed by atoms with E-state index in [0.717, 1.165) is 30.6 Å². The van der Waals surface area contributed by atoms with Crippen LogP contribution < -0.4 is 16.4 Å². The quantitative estimate of drug-likeness (QED) is 0.768. The van der Waals surface area contributed by atoms with Gasteiger partial charge in [0.2, 0.25) is 5.91 Å². The third-order valence-electron chi connectivity index (χ3n) is 3.31. The van der Waals surface area contributed by atoms with Crippen LogP contribution in [-0.2, 0) is 11.2 Å². The molecular weight excluding hydrogens is 228 g/mol. The second kappa shape index (κ2) is 4.96. The number of nitrogen functional groups attached to an aromatic ring is 1. The number of primary amides is 1. The van der Waals surface area contributed by atoms with Crippen LogP contribution in [0.3, 0.4) is 0 Å². The first-order chi connectivity index (χ1) is 8.63. The van der Waals surface area contributed by atoms with Crippen LogP contribution in [0.4, 0.5) is 11.4 Å². The number of carbonyl (C=O) groups is 1. The van der Waals surface area contributed by atoms with E-state index in [1.807, 2.05) is 17.0 Å². The molecule has 1 aliphatic rings. The van der Waals surface area contributed by atoms with Crippen LogP contribution in [0.1, 0.15) is 18.4 Å². The van der Waals surface area contributed by atoms with Crippen LogP contribution in [0.5, 0.6) is 0 Å². The number of carbonyl (C=O) groups excluding carboxylic acids is 1. The average Bonchev–Trinajstić information content (AvgIpc) is 2.81. The minimum Gasteiger partial charge on any atom is -0.398 e. The van der Waals surface area contributed by atoms with Gasteiger partial charge in [-0.25, -0.2) is 0 Å². The second-order valence-electron chi connectivity index (χ2n) is 4.47. The highest BCUT2D eigenvalue weighted by molar-refractivity contribution is 5.84. The van der Waals surface area contributed by atoms with Crippen LogP contribution in [0, 0.1) is 11.3 Å². The smallest absolute Gasteiger partial charge is 0.240 e. The van der Waals surface area contributed by atoms with Crippen LogP contribution in [0.25, 0.3) is 0 Å². The number of benzene rings is 1. The van der Waals surface area contributed by atoms with Crippen molar-refractivity contribution >= 4 is 17.3 Å². The third-order valence-corrected chi connectivity index (χ3v) is 3.31. The highest BCUT2D eigenvalue weighted by atomic mass is 16.1. The molecule has 5 nitrogen and oxygen atoms in total. The monoisotopic (exact) mass is 244 g/mol. The van der Waals surface area contributed by atoms with E-state index >= 15 is 0 Å². The zero-order chi connectivity index (χ0) is 13.1. The highest BCUT2D eigenvalue weighted by Gasteiger charge is 2.29. The predicted molar refractivity (Wildman–Crippen MR) is 69.7 cm³/mol. The molecular formula is C13H16N4O. The minimum absolute atomic E-state index is 0.247. The van der Waals surface area contributed by atoms with Crippen molar-refractivity contribution in [2.24, 2.45) is 5.73 Å². The van der Waals surface area contributed by atoms with Crippen molar-refractivity contribution in [3.05, 3.63) is 23.8 Å². The normalized spacial score (nSPS) is 18.6. The third kappa shape index (κ3) is 2.23. The second-order valence-corrected chi connectivity index (χ2v) is 4.47. The molecule has 1 fully saturated rings. The number of hydrogen-bond acceptors (Lipinski definition) is 4. The standard InChI is InChI=1S/C13H16N4O/c14-6-5-9-8-10(3-4-11(9)15)17-7-1-2-12(17)13(16)18/h3-4,8,12H,1-2,5,7,15H2,(H2,16,18). The summed E-state index contributed by atoms with van der Waals surface area (Å²) in [6, 6.07) is 7.36. The van der Waals surface area contributed by atoms with Gasteiger partial charge in [0.1, 0.15) is 6.04 Å². The molecule has 1 unspecified atom stereocenters. The van der Waals surface area contributed by atoms with Gasteiger partial charge in [0.25, 0.3) is 0 Å². The molecule has 0 aliphatic carbocycles. The zero-order valence-corrected chi connectivity index (χ0v) is 10.1. The van der Waals surface area contributed by atoms with Crippen molar-refractivity contribution in [2.75, 3.05) is 17.2 Å². The van der Waals surface area contributed by atoms with E-state index in [0.29, 0.717) is 5.69 Å². The van der Waals surface area contributed by atoms with Crippen LogP contribution in [0.15, 0.2) is 18.2 Å². The number of hydrogen-bond donors (Lipinski definition) is 2. The zero-order valence-electron chi connectivity index (χ0n) is 10.1. The Morgan fingerprint density at radius 2 is 2.33 bits per heavy atom. The Labute approximate surface area is 106 Å². The Morgan fingerprint density at radius 3 is 3.00 bits per heavy atom. The van der Waals surface area contributed by atoms with Gasteiger partial charge in [-0.05, 0) is 36.6 Å². The highest BCUT2D eigenvalue weighted by Crippen LogP contribution is 2.28. The Hall–Kier alpha value is -2.22. The van der Waals surface area contributed by atoms with E-state index in [1.54, 1.807) is 6.07 Å². The van der Waals surface area contributed by atoms with E-state index in [4.69, 9.17) is 16.7 Å². The number of nitrogens with two attached hydrogens (primary N) is 2. The van der Waals surface area contributed by atoms with Crippen molar-refractivity contribution in [2.45, 2.75) is 25.3 Å². The van der Waals surface area contributed by atoms with Crippen molar-refractivity contribution < 1.29 is 4.79 Å². The maximum Gasteiger partial charge on any atom is 0.240 e. The lowest BCUT2D eigenvalue weighted by Crippen LogP contribution is -2.40. The summed E-state index contributed by atoms with van der Waals surface area (Å²) in [4.78, 5) is 13.4. The molecule has 1 aromatic carbocycles. The summed E-state index contributed by atoms with van der Waals surface area (Å²) in [6.07, 6.45) is 2.01. The SMILES string of the molecule is N#CCc1cc(N2CCCC2C(N)=O)ccc1N. The van der Waals surface area contributed by atoms with E-state index in [9.17, 15) is 4.79 Å². The molecule has 1 heterocycles. The molecule has 0 radical (unpaired) electrons. The topological polar surface area (TPSA) is 96.1 Å².